The number of Topliss-reactive ketones (excluding diaryl/α,β-unsaturated/α-hetero) is 1. The Balaban J connectivity index is 2.82. The lowest BCUT2D eigenvalue weighted by molar-refractivity contribution is 0.101. The predicted octanol–water partition coefficient (Wildman–Crippen LogP) is 6.45. The van der Waals surface area contributed by atoms with Crippen LogP contribution in [0, 0.1) is 20.8 Å². The molecule has 2 aromatic rings. The fourth-order valence-electron chi connectivity index (χ4n) is 3.31. The zero-order chi connectivity index (χ0) is 17.5. The standard InChI is InChI=1S/C20H22Cl2O/c1-11-7-15(21)9-17(13(11)3)20(5,6)18-10-16(22)8-12(2)19(18)14(4)23/h7-10H,1-6H3. The number of benzene rings is 2. The Labute approximate surface area is 148 Å². The third kappa shape index (κ3) is 3.32. The Bertz CT molecular complexity index is 789. The Morgan fingerprint density at radius 2 is 1.35 bits per heavy atom. The maximum absolute atomic E-state index is 12.2. The Hall–Kier alpha value is -1.31. The van der Waals surface area contributed by atoms with Crippen LogP contribution in [-0.4, -0.2) is 5.78 Å². The maximum Gasteiger partial charge on any atom is 0.160 e. The zero-order valence-electron chi connectivity index (χ0n) is 14.5. The van der Waals surface area contributed by atoms with Crippen LogP contribution in [0.3, 0.4) is 0 Å². The highest BCUT2D eigenvalue weighted by atomic mass is 35.5. The summed E-state index contributed by atoms with van der Waals surface area (Å²) in [5.74, 6) is 0.0543. The lowest BCUT2D eigenvalue weighted by Gasteiger charge is -2.31. The number of carbonyl (C=O) groups is 1. The molecule has 3 heteroatoms. The summed E-state index contributed by atoms with van der Waals surface area (Å²) in [4.78, 5) is 12.2. The molecule has 122 valence electrons. The third-order valence-electron chi connectivity index (χ3n) is 4.63. The first-order chi connectivity index (χ1) is 10.6. The SMILES string of the molecule is CC(=O)c1c(C)cc(Cl)cc1C(C)(C)c1cc(Cl)cc(C)c1C. The summed E-state index contributed by atoms with van der Waals surface area (Å²) in [5, 5.41) is 1.35. The Morgan fingerprint density at radius 3 is 1.87 bits per heavy atom. The minimum absolute atomic E-state index is 0.0543. The van der Waals surface area contributed by atoms with E-state index in [2.05, 4.69) is 27.7 Å². The first-order valence-electron chi connectivity index (χ1n) is 7.64. The van der Waals surface area contributed by atoms with Gasteiger partial charge in [-0.05, 0) is 79.8 Å². The molecule has 0 radical (unpaired) electrons. The van der Waals surface area contributed by atoms with Crippen molar-refractivity contribution >= 4 is 29.0 Å². The van der Waals surface area contributed by atoms with E-state index in [1.807, 2.05) is 31.2 Å². The van der Waals surface area contributed by atoms with Crippen molar-refractivity contribution < 1.29 is 4.79 Å². The summed E-state index contributed by atoms with van der Waals surface area (Å²) < 4.78 is 0. The van der Waals surface area contributed by atoms with E-state index in [0.717, 1.165) is 27.8 Å². The summed E-state index contributed by atoms with van der Waals surface area (Å²) in [6.07, 6.45) is 0. The van der Waals surface area contributed by atoms with Crippen molar-refractivity contribution in [2.75, 3.05) is 0 Å². The number of ketones is 1. The number of rotatable bonds is 3. The van der Waals surface area contributed by atoms with Crippen LogP contribution >= 0.6 is 23.2 Å². The Kier molecular flexibility index (Phi) is 4.94. The van der Waals surface area contributed by atoms with Crippen molar-refractivity contribution in [2.24, 2.45) is 0 Å². The van der Waals surface area contributed by atoms with Gasteiger partial charge < -0.3 is 0 Å². The molecule has 0 unspecified atom stereocenters. The molecule has 23 heavy (non-hydrogen) atoms. The maximum atomic E-state index is 12.2. The fraction of sp³-hybridized carbons (Fsp3) is 0.350. The van der Waals surface area contributed by atoms with Crippen LogP contribution < -0.4 is 0 Å². The van der Waals surface area contributed by atoms with Crippen LogP contribution in [0.2, 0.25) is 10.0 Å². The van der Waals surface area contributed by atoms with Gasteiger partial charge in [-0.3, -0.25) is 4.79 Å². The van der Waals surface area contributed by atoms with Gasteiger partial charge in [0, 0.05) is 21.0 Å². The van der Waals surface area contributed by atoms with Crippen molar-refractivity contribution in [3.05, 3.63) is 67.7 Å². The number of hydrogen-bond acceptors (Lipinski definition) is 1. The molecule has 0 N–H and O–H groups in total. The monoisotopic (exact) mass is 348 g/mol. The highest BCUT2D eigenvalue weighted by Gasteiger charge is 2.30. The molecule has 0 atom stereocenters. The van der Waals surface area contributed by atoms with Crippen LogP contribution in [0.1, 0.15) is 58.9 Å². The highest BCUT2D eigenvalue weighted by Crippen LogP contribution is 2.40. The van der Waals surface area contributed by atoms with Crippen LogP contribution in [0.4, 0.5) is 0 Å². The first kappa shape index (κ1) is 18.0. The van der Waals surface area contributed by atoms with Gasteiger partial charge in [0.2, 0.25) is 0 Å². The molecular weight excluding hydrogens is 327 g/mol. The van der Waals surface area contributed by atoms with E-state index in [9.17, 15) is 4.79 Å². The molecule has 0 fully saturated rings. The van der Waals surface area contributed by atoms with Gasteiger partial charge in [-0.15, -0.1) is 0 Å². The predicted molar refractivity (Wildman–Crippen MR) is 99.2 cm³/mol. The van der Waals surface area contributed by atoms with Gasteiger partial charge in [0.05, 0.1) is 0 Å². The third-order valence-corrected chi connectivity index (χ3v) is 5.07. The second-order valence-electron chi connectivity index (χ2n) is 6.72. The largest absolute Gasteiger partial charge is 0.294 e. The van der Waals surface area contributed by atoms with E-state index in [-0.39, 0.29) is 11.2 Å². The molecule has 2 aromatic carbocycles. The molecule has 0 aliphatic rings. The van der Waals surface area contributed by atoms with Crippen LogP contribution in [0.25, 0.3) is 0 Å². The molecule has 0 spiro atoms. The van der Waals surface area contributed by atoms with Crippen molar-refractivity contribution in [1.29, 1.82) is 0 Å². The van der Waals surface area contributed by atoms with Crippen LogP contribution in [0.15, 0.2) is 24.3 Å². The molecule has 0 aliphatic carbocycles. The summed E-state index contributed by atoms with van der Waals surface area (Å²) in [5.41, 5.74) is 5.67. The molecule has 1 nitrogen and oxygen atoms in total. The second kappa shape index (κ2) is 6.30. The van der Waals surface area contributed by atoms with E-state index < -0.39 is 0 Å². The lowest BCUT2D eigenvalue weighted by atomic mass is 9.72. The number of aryl methyl sites for hydroxylation is 2. The highest BCUT2D eigenvalue weighted by molar-refractivity contribution is 6.31. The van der Waals surface area contributed by atoms with Crippen molar-refractivity contribution in [3.8, 4) is 0 Å². The molecule has 2 rings (SSSR count). The number of halogens is 2. The molecule has 0 saturated heterocycles. The minimum Gasteiger partial charge on any atom is -0.294 e. The van der Waals surface area contributed by atoms with Crippen LogP contribution in [0.5, 0.6) is 0 Å². The summed E-state index contributed by atoms with van der Waals surface area (Å²) in [6.45, 7) is 11.9. The van der Waals surface area contributed by atoms with Crippen molar-refractivity contribution in [1.82, 2.24) is 0 Å². The topological polar surface area (TPSA) is 17.1 Å². The quantitative estimate of drug-likeness (QED) is 0.582. The summed E-state index contributed by atoms with van der Waals surface area (Å²) in [6, 6.07) is 7.70. The van der Waals surface area contributed by atoms with E-state index in [0.29, 0.717) is 10.0 Å². The summed E-state index contributed by atoms with van der Waals surface area (Å²) in [7, 11) is 0. The van der Waals surface area contributed by atoms with E-state index >= 15 is 0 Å². The summed E-state index contributed by atoms with van der Waals surface area (Å²) >= 11 is 12.6. The zero-order valence-corrected chi connectivity index (χ0v) is 16.0. The van der Waals surface area contributed by atoms with Gasteiger partial charge in [-0.2, -0.15) is 0 Å². The fourth-order valence-corrected chi connectivity index (χ4v) is 3.86. The van der Waals surface area contributed by atoms with Crippen molar-refractivity contribution in [3.63, 3.8) is 0 Å². The molecular formula is C20H22Cl2O. The number of carbonyl (C=O) groups excluding carboxylic acids is 1. The molecule has 0 bridgehead atoms. The average molecular weight is 349 g/mol. The molecule has 0 aliphatic heterocycles. The molecule has 0 saturated carbocycles. The molecule has 0 aromatic heterocycles. The Morgan fingerprint density at radius 1 is 0.870 bits per heavy atom. The van der Waals surface area contributed by atoms with Gasteiger partial charge in [-0.1, -0.05) is 37.0 Å². The molecule has 0 heterocycles. The van der Waals surface area contributed by atoms with E-state index in [1.54, 1.807) is 6.92 Å². The van der Waals surface area contributed by atoms with E-state index in [1.165, 1.54) is 5.56 Å². The van der Waals surface area contributed by atoms with E-state index in [4.69, 9.17) is 23.2 Å². The van der Waals surface area contributed by atoms with Gasteiger partial charge in [-0.25, -0.2) is 0 Å². The van der Waals surface area contributed by atoms with Gasteiger partial charge in [0.1, 0.15) is 0 Å². The number of hydrogen-bond donors (Lipinski definition) is 0. The average Bonchev–Trinajstić information content (AvgIpc) is 2.41. The van der Waals surface area contributed by atoms with Crippen molar-refractivity contribution in [2.45, 2.75) is 47.0 Å². The minimum atomic E-state index is -0.379. The normalized spacial score (nSPS) is 11.7. The van der Waals surface area contributed by atoms with Gasteiger partial charge in [0.25, 0.3) is 0 Å². The second-order valence-corrected chi connectivity index (χ2v) is 7.59. The van der Waals surface area contributed by atoms with Crippen LogP contribution in [-0.2, 0) is 5.41 Å². The van der Waals surface area contributed by atoms with Gasteiger partial charge >= 0.3 is 0 Å². The first-order valence-corrected chi connectivity index (χ1v) is 8.40. The van der Waals surface area contributed by atoms with Gasteiger partial charge in [0.15, 0.2) is 5.78 Å². The smallest absolute Gasteiger partial charge is 0.160 e. The lowest BCUT2D eigenvalue weighted by Crippen LogP contribution is -2.24. The molecule has 0 amide bonds.